The molecule has 162 valence electrons. The fourth-order valence-electron chi connectivity index (χ4n) is 5.04. The van der Waals surface area contributed by atoms with Crippen LogP contribution in [0.15, 0.2) is 29.2 Å². The lowest BCUT2D eigenvalue weighted by molar-refractivity contribution is -0.554. The molecule has 5 atom stereocenters. The van der Waals surface area contributed by atoms with Crippen molar-refractivity contribution in [3.8, 4) is 0 Å². The maximum absolute atomic E-state index is 12.5. The van der Waals surface area contributed by atoms with Crippen molar-refractivity contribution in [2.24, 2.45) is 11.8 Å². The minimum absolute atomic E-state index is 0.0158. The molecule has 1 saturated carbocycles. The summed E-state index contributed by atoms with van der Waals surface area (Å²) in [5.74, 6) is -0.551. The molecule has 3 heterocycles. The highest BCUT2D eigenvalue weighted by Crippen LogP contribution is 2.55. The Labute approximate surface area is 172 Å². The number of benzene rings is 1. The van der Waals surface area contributed by atoms with Crippen molar-refractivity contribution >= 4 is 10.1 Å². The van der Waals surface area contributed by atoms with Gasteiger partial charge >= 0.3 is 0 Å². The van der Waals surface area contributed by atoms with Gasteiger partial charge in [-0.2, -0.15) is 8.42 Å². The third-order valence-corrected chi connectivity index (χ3v) is 7.97. The molecule has 29 heavy (non-hydrogen) atoms. The quantitative estimate of drug-likeness (QED) is 0.507. The molecule has 4 fully saturated rings. The maximum atomic E-state index is 12.5. The van der Waals surface area contributed by atoms with E-state index in [9.17, 15) is 8.42 Å². The van der Waals surface area contributed by atoms with Gasteiger partial charge in [0.1, 0.15) is 0 Å². The Morgan fingerprint density at radius 2 is 1.90 bits per heavy atom. The minimum atomic E-state index is -3.79. The van der Waals surface area contributed by atoms with Gasteiger partial charge in [-0.3, -0.25) is 4.18 Å². The Kier molecular flexibility index (Phi) is 5.78. The highest BCUT2D eigenvalue weighted by Gasteiger charge is 2.63. The van der Waals surface area contributed by atoms with Crippen LogP contribution in [0.4, 0.5) is 0 Å². The van der Waals surface area contributed by atoms with E-state index in [1.165, 1.54) is 0 Å². The first-order valence-electron chi connectivity index (χ1n) is 10.3. The maximum Gasteiger partial charge on any atom is 0.296 e. The summed E-state index contributed by atoms with van der Waals surface area (Å²) in [5, 5.41) is 0. The molecule has 8 heteroatoms. The van der Waals surface area contributed by atoms with Crippen molar-refractivity contribution in [2.75, 3.05) is 13.7 Å². The molecular weight excluding hydrogens is 396 g/mol. The van der Waals surface area contributed by atoms with Crippen LogP contribution in [-0.2, 0) is 33.6 Å². The van der Waals surface area contributed by atoms with Crippen LogP contribution >= 0.6 is 0 Å². The van der Waals surface area contributed by atoms with Gasteiger partial charge in [-0.05, 0) is 63.5 Å². The van der Waals surface area contributed by atoms with Crippen molar-refractivity contribution in [1.29, 1.82) is 0 Å². The molecule has 3 aliphatic heterocycles. The van der Waals surface area contributed by atoms with E-state index in [1.807, 2.05) is 13.8 Å². The molecule has 5 rings (SSSR count). The molecule has 1 aromatic rings. The lowest BCUT2D eigenvalue weighted by Crippen LogP contribution is -2.63. The highest BCUT2D eigenvalue weighted by molar-refractivity contribution is 7.86. The van der Waals surface area contributed by atoms with Crippen LogP contribution in [0, 0.1) is 18.8 Å². The van der Waals surface area contributed by atoms with E-state index in [0.717, 1.165) is 37.7 Å². The van der Waals surface area contributed by atoms with Gasteiger partial charge in [0.05, 0.1) is 11.5 Å². The van der Waals surface area contributed by atoms with Crippen LogP contribution in [0.25, 0.3) is 0 Å². The molecule has 0 N–H and O–H groups in total. The summed E-state index contributed by atoms with van der Waals surface area (Å²) in [6, 6.07) is 6.66. The smallest absolute Gasteiger partial charge is 0.296 e. The average Bonchev–Trinajstić information content (AvgIpc) is 2.93. The van der Waals surface area contributed by atoms with Crippen LogP contribution < -0.4 is 0 Å². The van der Waals surface area contributed by atoms with Crippen molar-refractivity contribution in [3.05, 3.63) is 29.8 Å². The van der Waals surface area contributed by atoms with Gasteiger partial charge < -0.3 is 9.47 Å². The van der Waals surface area contributed by atoms with Gasteiger partial charge in [0.15, 0.2) is 11.9 Å². The largest absolute Gasteiger partial charge is 0.353 e. The number of hydrogen-bond donors (Lipinski definition) is 0. The second kappa shape index (κ2) is 7.90. The van der Waals surface area contributed by atoms with Gasteiger partial charge in [-0.15, -0.1) is 0 Å². The predicted molar refractivity (Wildman–Crippen MR) is 104 cm³/mol. The van der Waals surface area contributed by atoms with Crippen LogP contribution in [-0.4, -0.2) is 39.8 Å². The molecule has 3 saturated heterocycles. The van der Waals surface area contributed by atoms with E-state index in [0.29, 0.717) is 6.42 Å². The van der Waals surface area contributed by atoms with E-state index in [4.69, 9.17) is 23.4 Å². The van der Waals surface area contributed by atoms with Gasteiger partial charge in [0.2, 0.25) is 5.79 Å². The number of aryl methyl sites for hydroxylation is 1. The number of hydrogen-bond acceptors (Lipinski definition) is 7. The Bertz CT molecular complexity index is 824. The SMILES string of the molecule is CO[C@H]1O[C@@]2(C)CC[C@H]3CCC[C@@H](CCOS(=O)(=O)c4ccc(C)cc4)[C@]31OO2. The summed E-state index contributed by atoms with van der Waals surface area (Å²) in [6.07, 6.45) is 4.59. The second-order valence-corrected chi connectivity index (χ2v) is 10.2. The predicted octanol–water partition coefficient (Wildman–Crippen LogP) is 3.71. The summed E-state index contributed by atoms with van der Waals surface area (Å²) in [5.41, 5.74) is 0.261. The van der Waals surface area contributed by atoms with E-state index in [1.54, 1.807) is 31.4 Å². The Morgan fingerprint density at radius 3 is 2.62 bits per heavy atom. The Balaban J connectivity index is 1.49. The zero-order valence-corrected chi connectivity index (χ0v) is 18.1. The van der Waals surface area contributed by atoms with Gasteiger partial charge in [0, 0.05) is 13.5 Å². The zero-order chi connectivity index (χ0) is 20.7. The second-order valence-electron chi connectivity index (χ2n) is 8.58. The molecular formula is C21H30O7S. The summed E-state index contributed by atoms with van der Waals surface area (Å²) < 4.78 is 42.2. The number of fused-ring (bicyclic) bond motifs is 3. The van der Waals surface area contributed by atoms with Crippen molar-refractivity contribution in [2.45, 2.75) is 74.9 Å². The van der Waals surface area contributed by atoms with Gasteiger partial charge in [0.25, 0.3) is 10.1 Å². The molecule has 7 nitrogen and oxygen atoms in total. The molecule has 0 radical (unpaired) electrons. The van der Waals surface area contributed by atoms with Crippen LogP contribution in [0.5, 0.6) is 0 Å². The monoisotopic (exact) mass is 426 g/mol. The first-order chi connectivity index (χ1) is 13.8. The number of rotatable bonds is 6. The molecule has 0 aromatic heterocycles. The molecule has 1 aliphatic carbocycles. The lowest BCUT2D eigenvalue weighted by Gasteiger charge is -2.53. The summed E-state index contributed by atoms with van der Waals surface area (Å²) >= 11 is 0. The first-order valence-corrected chi connectivity index (χ1v) is 11.7. The third-order valence-electron chi connectivity index (χ3n) is 6.64. The minimum Gasteiger partial charge on any atom is -0.353 e. The number of ether oxygens (including phenoxy) is 2. The molecule has 4 aliphatic rings. The topological polar surface area (TPSA) is 80.3 Å². The Morgan fingerprint density at radius 1 is 1.14 bits per heavy atom. The summed E-state index contributed by atoms with van der Waals surface area (Å²) in [4.78, 5) is 11.9. The van der Waals surface area contributed by atoms with Crippen molar-refractivity contribution < 1.29 is 31.8 Å². The van der Waals surface area contributed by atoms with Crippen LogP contribution in [0.3, 0.4) is 0 Å². The number of methoxy groups -OCH3 is 1. The van der Waals surface area contributed by atoms with Crippen LogP contribution in [0.1, 0.15) is 51.0 Å². The van der Waals surface area contributed by atoms with Crippen molar-refractivity contribution in [3.63, 3.8) is 0 Å². The van der Waals surface area contributed by atoms with E-state index in [2.05, 4.69) is 0 Å². The average molecular weight is 427 g/mol. The molecule has 1 aromatic carbocycles. The zero-order valence-electron chi connectivity index (χ0n) is 17.3. The van der Waals surface area contributed by atoms with E-state index in [-0.39, 0.29) is 23.3 Å². The van der Waals surface area contributed by atoms with E-state index < -0.39 is 27.8 Å². The molecule has 0 amide bonds. The van der Waals surface area contributed by atoms with Gasteiger partial charge in [-0.1, -0.05) is 24.1 Å². The summed E-state index contributed by atoms with van der Waals surface area (Å²) in [7, 11) is -2.18. The molecule has 2 bridgehead atoms. The van der Waals surface area contributed by atoms with Crippen molar-refractivity contribution in [1.82, 2.24) is 0 Å². The standard InChI is InChI=1S/C21H30O7S/c1-15-7-9-18(10-8-15)29(22,23)25-14-12-17-6-4-5-16-11-13-20(2)26-19(24-3)21(16,17)28-27-20/h7-10,16-17,19H,4-6,11-14H2,1-3H3/t16-,17+,19+,20-,21-/m1/s1. The Hall–Kier alpha value is -1.03. The molecule has 1 spiro atoms. The lowest BCUT2D eigenvalue weighted by atomic mass is 9.65. The van der Waals surface area contributed by atoms with E-state index >= 15 is 0 Å². The first kappa shape index (κ1) is 21.2. The normalized spacial score (nSPS) is 37.1. The summed E-state index contributed by atoms with van der Waals surface area (Å²) in [6.45, 7) is 3.86. The van der Waals surface area contributed by atoms with Crippen LogP contribution in [0.2, 0.25) is 0 Å². The fourth-order valence-corrected chi connectivity index (χ4v) is 5.96. The fraction of sp³-hybridized carbons (Fsp3) is 0.714. The third kappa shape index (κ3) is 3.86. The van der Waals surface area contributed by atoms with Gasteiger partial charge in [-0.25, -0.2) is 9.78 Å². The highest BCUT2D eigenvalue weighted by atomic mass is 32.2. The molecule has 0 unspecified atom stereocenters.